The van der Waals surface area contributed by atoms with Crippen LogP contribution < -0.4 is 10.6 Å². The van der Waals surface area contributed by atoms with Gasteiger partial charge in [-0.05, 0) is 58.4 Å². The lowest BCUT2D eigenvalue weighted by Gasteiger charge is -2.08. The molecule has 0 aliphatic rings. The molecule has 0 spiro atoms. The maximum Gasteiger partial charge on any atom is 0.248 e. The van der Waals surface area contributed by atoms with Crippen LogP contribution in [0.25, 0.3) is 0 Å². The van der Waals surface area contributed by atoms with E-state index in [0.29, 0.717) is 36.4 Å². The van der Waals surface area contributed by atoms with Crippen molar-refractivity contribution in [2.24, 2.45) is 0 Å². The number of amides is 2. The summed E-state index contributed by atoms with van der Waals surface area (Å²) in [6.07, 6.45) is 2.13. The van der Waals surface area contributed by atoms with Gasteiger partial charge in [0.15, 0.2) is 5.78 Å². The lowest BCUT2D eigenvalue weighted by molar-refractivity contribution is -0.118. The number of ketones is 1. The van der Waals surface area contributed by atoms with Crippen LogP contribution in [0.5, 0.6) is 0 Å². The number of ether oxygens (including phenoxy) is 1. The van der Waals surface area contributed by atoms with E-state index in [1.165, 1.54) is 13.0 Å². The number of carbonyl (C=O) groups is 3. The Morgan fingerprint density at radius 3 is 2.32 bits per heavy atom. The Balaban J connectivity index is 2.44. The van der Waals surface area contributed by atoms with E-state index in [4.69, 9.17) is 4.74 Å². The molecule has 0 heterocycles. The van der Waals surface area contributed by atoms with E-state index in [0.717, 1.165) is 0 Å². The molecule has 0 aliphatic carbocycles. The van der Waals surface area contributed by atoms with E-state index >= 15 is 0 Å². The third-order valence-electron chi connectivity index (χ3n) is 3.32. The molecule has 2 N–H and O–H groups in total. The number of hydrogen-bond donors (Lipinski definition) is 2. The Kier molecular flexibility index (Phi) is 8.56. The molecule has 2 amide bonds. The van der Waals surface area contributed by atoms with Crippen LogP contribution in [0.2, 0.25) is 0 Å². The van der Waals surface area contributed by atoms with Crippen LogP contribution in [0.3, 0.4) is 0 Å². The molecular formula is C19H26N2O4. The van der Waals surface area contributed by atoms with E-state index in [1.54, 1.807) is 31.2 Å². The number of benzene rings is 1. The molecule has 0 aromatic heterocycles. The predicted molar refractivity (Wildman–Crippen MR) is 97.5 cm³/mol. The largest absolute Gasteiger partial charge is 0.379 e. The van der Waals surface area contributed by atoms with Gasteiger partial charge in [0.25, 0.3) is 0 Å². The molecule has 6 nitrogen and oxygen atoms in total. The van der Waals surface area contributed by atoms with Gasteiger partial charge in [0.1, 0.15) is 0 Å². The number of hydrogen-bond acceptors (Lipinski definition) is 4. The molecule has 1 aromatic carbocycles. The Bertz CT molecular complexity index is 633. The summed E-state index contributed by atoms with van der Waals surface area (Å²) in [5.74, 6) is -0.720. The maximum absolute atomic E-state index is 11.9. The lowest BCUT2D eigenvalue weighted by atomic mass is 10.1. The molecule has 6 heteroatoms. The molecule has 0 bridgehead atoms. The normalized spacial score (nSPS) is 11.3. The third kappa shape index (κ3) is 8.26. The molecule has 0 atom stereocenters. The SMILES string of the molecule is CC(=O)c1ccc(NC(=O)/C=C(/C)C(=O)NCCCOC(C)C)cc1. The Morgan fingerprint density at radius 1 is 1.12 bits per heavy atom. The van der Waals surface area contributed by atoms with Gasteiger partial charge in [-0.15, -0.1) is 0 Å². The van der Waals surface area contributed by atoms with Crippen molar-refractivity contribution in [2.45, 2.75) is 40.2 Å². The molecular weight excluding hydrogens is 320 g/mol. The number of nitrogens with one attached hydrogen (secondary N) is 2. The molecule has 0 unspecified atom stereocenters. The van der Waals surface area contributed by atoms with Crippen molar-refractivity contribution in [1.29, 1.82) is 0 Å². The van der Waals surface area contributed by atoms with Gasteiger partial charge in [-0.2, -0.15) is 0 Å². The summed E-state index contributed by atoms with van der Waals surface area (Å²) < 4.78 is 5.39. The standard InChI is InChI=1S/C19H26N2O4/c1-13(2)25-11-5-10-20-19(24)14(3)12-18(23)21-17-8-6-16(7-9-17)15(4)22/h6-9,12-13H,5,10-11H2,1-4H3,(H,20,24)(H,21,23)/b14-12-. The zero-order valence-electron chi connectivity index (χ0n) is 15.2. The van der Waals surface area contributed by atoms with Gasteiger partial charge < -0.3 is 15.4 Å². The molecule has 136 valence electrons. The first-order chi connectivity index (χ1) is 11.8. The quantitative estimate of drug-likeness (QED) is 0.409. The van der Waals surface area contributed by atoms with Gasteiger partial charge in [-0.1, -0.05) is 0 Å². The fourth-order valence-corrected chi connectivity index (χ4v) is 1.96. The maximum atomic E-state index is 11.9. The molecule has 1 aromatic rings. The van der Waals surface area contributed by atoms with Crippen molar-refractivity contribution in [1.82, 2.24) is 5.32 Å². The topological polar surface area (TPSA) is 84.5 Å². The highest BCUT2D eigenvalue weighted by Crippen LogP contribution is 2.10. The average molecular weight is 346 g/mol. The van der Waals surface area contributed by atoms with Crippen LogP contribution in [-0.4, -0.2) is 36.9 Å². The second-order valence-corrected chi connectivity index (χ2v) is 5.98. The highest BCUT2D eigenvalue weighted by molar-refractivity contribution is 6.06. The van der Waals surface area contributed by atoms with E-state index in [1.807, 2.05) is 13.8 Å². The Morgan fingerprint density at radius 2 is 1.76 bits per heavy atom. The van der Waals surface area contributed by atoms with E-state index in [-0.39, 0.29) is 17.8 Å². The van der Waals surface area contributed by atoms with Crippen LogP contribution in [0.1, 0.15) is 44.5 Å². The first-order valence-electron chi connectivity index (χ1n) is 8.29. The zero-order valence-corrected chi connectivity index (χ0v) is 15.2. The number of rotatable bonds is 9. The van der Waals surface area contributed by atoms with Gasteiger partial charge in [0.2, 0.25) is 11.8 Å². The number of anilines is 1. The fourth-order valence-electron chi connectivity index (χ4n) is 1.96. The highest BCUT2D eigenvalue weighted by atomic mass is 16.5. The highest BCUT2D eigenvalue weighted by Gasteiger charge is 2.07. The summed E-state index contributed by atoms with van der Waals surface area (Å²) in [6, 6.07) is 6.57. The molecule has 0 aliphatic heterocycles. The first kappa shape index (κ1) is 20.6. The first-order valence-corrected chi connectivity index (χ1v) is 8.29. The summed E-state index contributed by atoms with van der Waals surface area (Å²) in [4.78, 5) is 35.1. The molecule has 0 saturated carbocycles. The van der Waals surface area contributed by atoms with E-state index in [9.17, 15) is 14.4 Å². The van der Waals surface area contributed by atoms with Crippen molar-refractivity contribution in [3.63, 3.8) is 0 Å². The smallest absolute Gasteiger partial charge is 0.248 e. The summed E-state index contributed by atoms with van der Waals surface area (Å²) in [5.41, 5.74) is 1.46. The summed E-state index contributed by atoms with van der Waals surface area (Å²) in [6.45, 7) is 8.05. The Labute approximate surface area is 148 Å². The second kappa shape index (κ2) is 10.4. The van der Waals surface area contributed by atoms with Crippen LogP contribution >= 0.6 is 0 Å². The van der Waals surface area contributed by atoms with Crippen molar-refractivity contribution in [2.75, 3.05) is 18.5 Å². The van der Waals surface area contributed by atoms with E-state index < -0.39 is 5.91 Å². The monoisotopic (exact) mass is 346 g/mol. The van der Waals surface area contributed by atoms with Gasteiger partial charge in [0.05, 0.1) is 6.10 Å². The Hall–Kier alpha value is -2.47. The number of carbonyl (C=O) groups excluding carboxylic acids is 3. The summed E-state index contributed by atoms with van der Waals surface area (Å²) in [7, 11) is 0. The average Bonchev–Trinajstić information content (AvgIpc) is 2.54. The van der Waals surface area contributed by atoms with Crippen molar-refractivity contribution in [3.8, 4) is 0 Å². The van der Waals surface area contributed by atoms with Gasteiger partial charge in [0, 0.05) is 36.1 Å². The van der Waals surface area contributed by atoms with Gasteiger partial charge in [-0.3, -0.25) is 14.4 Å². The molecule has 0 fully saturated rings. The molecule has 0 saturated heterocycles. The predicted octanol–water partition coefficient (Wildman–Crippen LogP) is 2.71. The van der Waals surface area contributed by atoms with Crippen LogP contribution in [0.15, 0.2) is 35.9 Å². The van der Waals surface area contributed by atoms with Gasteiger partial charge in [-0.25, -0.2) is 0 Å². The van der Waals surface area contributed by atoms with Gasteiger partial charge >= 0.3 is 0 Å². The lowest BCUT2D eigenvalue weighted by Crippen LogP contribution is -2.27. The number of Topliss-reactive ketones (excluding diaryl/α,β-unsaturated/α-hetero) is 1. The zero-order chi connectivity index (χ0) is 18.8. The molecule has 0 radical (unpaired) electrons. The van der Waals surface area contributed by atoms with Crippen LogP contribution in [-0.2, 0) is 14.3 Å². The van der Waals surface area contributed by atoms with Crippen molar-refractivity contribution < 1.29 is 19.1 Å². The van der Waals surface area contributed by atoms with Crippen molar-refractivity contribution in [3.05, 3.63) is 41.5 Å². The summed E-state index contributed by atoms with van der Waals surface area (Å²) >= 11 is 0. The van der Waals surface area contributed by atoms with Crippen LogP contribution in [0, 0.1) is 0 Å². The minimum Gasteiger partial charge on any atom is -0.379 e. The van der Waals surface area contributed by atoms with Crippen LogP contribution in [0.4, 0.5) is 5.69 Å². The van der Waals surface area contributed by atoms with Crippen molar-refractivity contribution >= 4 is 23.3 Å². The minimum absolute atomic E-state index is 0.0379. The minimum atomic E-state index is -0.397. The second-order valence-electron chi connectivity index (χ2n) is 5.98. The summed E-state index contributed by atoms with van der Waals surface area (Å²) in [5, 5.41) is 5.40. The third-order valence-corrected chi connectivity index (χ3v) is 3.32. The molecule has 25 heavy (non-hydrogen) atoms. The van der Waals surface area contributed by atoms with E-state index in [2.05, 4.69) is 10.6 Å². The molecule has 1 rings (SSSR count). The fraction of sp³-hybridized carbons (Fsp3) is 0.421.